The molecule has 9 nitrogen and oxygen atoms in total. The number of ether oxygens (including phenoxy) is 2. The highest BCUT2D eigenvalue weighted by atomic mass is 127. The normalized spacial score (nSPS) is 12.7. The molecule has 2 N–H and O–H groups in total. The van der Waals surface area contributed by atoms with Gasteiger partial charge in [0.1, 0.15) is 12.1 Å². The molecule has 2 amide bonds. The van der Waals surface area contributed by atoms with Crippen molar-refractivity contribution in [2.24, 2.45) is 10.9 Å². The third kappa shape index (κ3) is 14.6. The van der Waals surface area contributed by atoms with Gasteiger partial charge < -0.3 is 29.9 Å². The van der Waals surface area contributed by atoms with Crippen LogP contribution in [0.15, 0.2) is 4.99 Å². The van der Waals surface area contributed by atoms with E-state index in [-0.39, 0.29) is 48.4 Å². The fourth-order valence-electron chi connectivity index (χ4n) is 2.33. The SMILES string of the molecule is COCCNC(=NCC(=O)N(C)C)N(C)CCC(NC(=O)OC(C)(C)C)C(C)C.I. The Balaban J connectivity index is 0. The summed E-state index contributed by atoms with van der Waals surface area (Å²) in [5.74, 6) is 0.793. The average molecular weight is 543 g/mol. The number of halogens is 1. The molecule has 0 saturated carbocycles. The summed E-state index contributed by atoms with van der Waals surface area (Å²) in [4.78, 5) is 31.9. The molecule has 0 aliphatic rings. The highest BCUT2D eigenvalue weighted by Crippen LogP contribution is 2.11. The molecule has 0 spiro atoms. The van der Waals surface area contributed by atoms with Crippen LogP contribution in [0, 0.1) is 5.92 Å². The minimum atomic E-state index is -0.535. The van der Waals surface area contributed by atoms with E-state index in [0.717, 1.165) is 0 Å². The number of methoxy groups -OCH3 is 1. The van der Waals surface area contributed by atoms with Crippen LogP contribution in [0.2, 0.25) is 0 Å². The maximum atomic E-state index is 12.1. The van der Waals surface area contributed by atoms with E-state index in [2.05, 4.69) is 29.5 Å². The summed E-state index contributed by atoms with van der Waals surface area (Å²) in [6.07, 6.45) is 0.294. The predicted molar refractivity (Wildman–Crippen MR) is 132 cm³/mol. The lowest BCUT2D eigenvalue weighted by molar-refractivity contribution is -0.127. The number of nitrogens with one attached hydrogen (secondary N) is 2. The maximum Gasteiger partial charge on any atom is 0.407 e. The van der Waals surface area contributed by atoms with Gasteiger partial charge in [-0.3, -0.25) is 4.79 Å². The molecule has 1 atom stereocenters. The van der Waals surface area contributed by atoms with Crippen LogP contribution in [0.1, 0.15) is 41.0 Å². The van der Waals surface area contributed by atoms with Crippen molar-refractivity contribution >= 4 is 41.9 Å². The van der Waals surface area contributed by atoms with Crippen molar-refractivity contribution in [3.8, 4) is 0 Å². The average Bonchev–Trinajstić information content (AvgIpc) is 2.58. The van der Waals surface area contributed by atoms with Crippen LogP contribution < -0.4 is 10.6 Å². The summed E-state index contributed by atoms with van der Waals surface area (Å²) in [6, 6.07) is -0.0454. The number of alkyl carbamates (subject to hydrolysis) is 1. The molecule has 0 fully saturated rings. The van der Waals surface area contributed by atoms with Crippen LogP contribution in [0.3, 0.4) is 0 Å². The lowest BCUT2D eigenvalue weighted by atomic mass is 10.0. The smallest absolute Gasteiger partial charge is 0.407 e. The van der Waals surface area contributed by atoms with Crippen molar-refractivity contribution in [2.75, 3.05) is 54.5 Å². The summed E-state index contributed by atoms with van der Waals surface area (Å²) in [5, 5.41) is 6.16. The van der Waals surface area contributed by atoms with Crippen molar-refractivity contribution in [3.63, 3.8) is 0 Å². The Labute approximate surface area is 199 Å². The minimum absolute atomic E-state index is 0. The van der Waals surface area contributed by atoms with Crippen molar-refractivity contribution in [1.29, 1.82) is 0 Å². The molecule has 0 aromatic heterocycles. The number of carbonyl (C=O) groups is 2. The minimum Gasteiger partial charge on any atom is -0.444 e. The number of carbonyl (C=O) groups excluding carboxylic acids is 2. The number of hydrogen-bond acceptors (Lipinski definition) is 5. The van der Waals surface area contributed by atoms with E-state index in [1.165, 1.54) is 4.90 Å². The molecule has 178 valence electrons. The zero-order valence-electron chi connectivity index (χ0n) is 20.1. The van der Waals surface area contributed by atoms with Gasteiger partial charge in [-0.1, -0.05) is 13.8 Å². The van der Waals surface area contributed by atoms with E-state index in [9.17, 15) is 9.59 Å². The van der Waals surface area contributed by atoms with E-state index < -0.39 is 11.7 Å². The lowest BCUT2D eigenvalue weighted by Gasteiger charge is -2.28. The molecular formula is C20H42IN5O4. The summed E-state index contributed by atoms with van der Waals surface area (Å²) in [5.41, 5.74) is -0.535. The van der Waals surface area contributed by atoms with Gasteiger partial charge in [0.05, 0.1) is 6.61 Å². The van der Waals surface area contributed by atoms with E-state index in [1.807, 2.05) is 32.7 Å². The van der Waals surface area contributed by atoms with Gasteiger partial charge in [0.25, 0.3) is 0 Å². The maximum absolute atomic E-state index is 12.1. The monoisotopic (exact) mass is 543 g/mol. The second-order valence-corrected chi connectivity index (χ2v) is 8.55. The van der Waals surface area contributed by atoms with Crippen molar-refractivity contribution < 1.29 is 19.1 Å². The first-order chi connectivity index (χ1) is 13.4. The second-order valence-electron chi connectivity index (χ2n) is 8.55. The first-order valence-corrected chi connectivity index (χ1v) is 10.1. The van der Waals surface area contributed by atoms with Gasteiger partial charge in [-0.15, -0.1) is 24.0 Å². The summed E-state index contributed by atoms with van der Waals surface area (Å²) in [7, 11) is 6.95. The molecule has 0 aliphatic heterocycles. The van der Waals surface area contributed by atoms with Crippen LogP contribution >= 0.6 is 24.0 Å². The Morgan fingerprint density at radius 1 is 1.13 bits per heavy atom. The first kappa shape index (κ1) is 30.9. The summed E-state index contributed by atoms with van der Waals surface area (Å²) < 4.78 is 10.4. The molecular weight excluding hydrogens is 501 g/mol. The summed E-state index contributed by atoms with van der Waals surface area (Å²) in [6.45, 7) is 11.5. The number of likely N-dealkylation sites (N-methyl/N-ethyl adjacent to an activating group) is 1. The molecule has 0 heterocycles. The molecule has 0 saturated heterocycles. The predicted octanol–water partition coefficient (Wildman–Crippen LogP) is 2.16. The van der Waals surface area contributed by atoms with Crippen LogP contribution in [0.4, 0.5) is 4.79 Å². The van der Waals surface area contributed by atoms with Crippen LogP contribution in [-0.2, 0) is 14.3 Å². The van der Waals surface area contributed by atoms with E-state index >= 15 is 0 Å². The van der Waals surface area contributed by atoms with Gasteiger partial charge in [0.15, 0.2) is 5.96 Å². The van der Waals surface area contributed by atoms with Crippen LogP contribution in [-0.4, -0.2) is 93.9 Å². The van der Waals surface area contributed by atoms with Gasteiger partial charge in [-0.25, -0.2) is 9.79 Å². The molecule has 0 aliphatic carbocycles. The number of aliphatic imine (C=N–C) groups is 1. The number of rotatable bonds is 10. The molecule has 0 rings (SSSR count). The van der Waals surface area contributed by atoms with Gasteiger partial charge in [-0.05, 0) is 33.1 Å². The standard InChI is InChI=1S/C20H41N5O4.HI/c1-15(2)16(23-19(27)29-20(3,4)5)10-12-25(8)18(21-11-13-28-9)22-14-17(26)24(6)7;/h15-16H,10-14H2,1-9H3,(H,21,22)(H,23,27);1H. The fraction of sp³-hybridized carbons (Fsp3) is 0.850. The van der Waals surface area contributed by atoms with Crippen LogP contribution in [0.25, 0.3) is 0 Å². The summed E-state index contributed by atoms with van der Waals surface area (Å²) >= 11 is 0. The number of guanidine groups is 1. The van der Waals surface area contributed by atoms with Crippen molar-refractivity contribution in [3.05, 3.63) is 0 Å². The number of nitrogens with zero attached hydrogens (tertiary/aromatic N) is 3. The largest absolute Gasteiger partial charge is 0.444 e. The Bertz CT molecular complexity index is 536. The van der Waals surface area contributed by atoms with Crippen LogP contribution in [0.5, 0.6) is 0 Å². The number of hydrogen-bond donors (Lipinski definition) is 2. The molecule has 0 aromatic carbocycles. The molecule has 0 aromatic rings. The van der Waals surface area contributed by atoms with Crippen molar-refractivity contribution in [2.45, 2.75) is 52.7 Å². The van der Waals surface area contributed by atoms with Gasteiger partial charge >= 0.3 is 6.09 Å². The highest BCUT2D eigenvalue weighted by molar-refractivity contribution is 14.0. The molecule has 10 heteroatoms. The van der Waals surface area contributed by atoms with Crippen molar-refractivity contribution in [1.82, 2.24) is 20.4 Å². The third-order valence-corrected chi connectivity index (χ3v) is 4.10. The zero-order chi connectivity index (χ0) is 22.6. The van der Waals surface area contributed by atoms with E-state index in [0.29, 0.717) is 32.1 Å². The lowest BCUT2D eigenvalue weighted by Crippen LogP contribution is -2.46. The third-order valence-electron chi connectivity index (χ3n) is 4.10. The van der Waals surface area contributed by atoms with Gasteiger partial charge in [0.2, 0.25) is 5.91 Å². The Hall–Kier alpha value is -1.30. The quantitative estimate of drug-likeness (QED) is 0.190. The Morgan fingerprint density at radius 3 is 2.20 bits per heavy atom. The molecule has 0 bridgehead atoms. The van der Waals surface area contributed by atoms with E-state index in [1.54, 1.807) is 21.2 Å². The number of amides is 2. The Morgan fingerprint density at radius 2 is 1.73 bits per heavy atom. The van der Waals surface area contributed by atoms with E-state index in [4.69, 9.17) is 9.47 Å². The fourth-order valence-corrected chi connectivity index (χ4v) is 2.33. The molecule has 1 unspecified atom stereocenters. The highest BCUT2D eigenvalue weighted by Gasteiger charge is 2.22. The van der Waals surface area contributed by atoms with Gasteiger partial charge in [-0.2, -0.15) is 0 Å². The topological polar surface area (TPSA) is 95.5 Å². The zero-order valence-corrected chi connectivity index (χ0v) is 22.4. The first-order valence-electron chi connectivity index (χ1n) is 10.1. The molecule has 0 radical (unpaired) electrons. The Kier molecular flexibility index (Phi) is 16.0. The van der Waals surface area contributed by atoms with Gasteiger partial charge in [0, 0.05) is 47.4 Å². The second kappa shape index (κ2) is 15.5. The molecule has 30 heavy (non-hydrogen) atoms.